The lowest BCUT2D eigenvalue weighted by Gasteiger charge is -2.13. The Kier molecular flexibility index (Phi) is 5.07. The van der Waals surface area contributed by atoms with E-state index in [4.69, 9.17) is 0 Å². The summed E-state index contributed by atoms with van der Waals surface area (Å²) in [5.74, 6) is 0. The van der Waals surface area contributed by atoms with E-state index in [1.807, 2.05) is 12.1 Å². The Hall–Kier alpha value is -1.75. The summed E-state index contributed by atoms with van der Waals surface area (Å²) in [6, 6.07) is 9.15. The highest BCUT2D eigenvalue weighted by Crippen LogP contribution is 2.30. The quantitative estimate of drug-likeness (QED) is 0.782. The van der Waals surface area contributed by atoms with E-state index in [-0.39, 0.29) is 0 Å². The minimum Gasteiger partial charge on any atom is -0.320 e. The van der Waals surface area contributed by atoms with Crippen molar-refractivity contribution in [1.82, 2.24) is 9.88 Å². The minimum absolute atomic E-state index is 0.530. The molecule has 2 aromatic rings. The largest absolute Gasteiger partial charge is 0.416 e. The van der Waals surface area contributed by atoms with Crippen LogP contribution in [0.4, 0.5) is 13.2 Å². The van der Waals surface area contributed by atoms with Gasteiger partial charge in [0.2, 0.25) is 0 Å². The second-order valence-electron chi connectivity index (χ2n) is 4.95. The summed E-state index contributed by atoms with van der Waals surface area (Å²) in [6.07, 6.45) is -0.332. The summed E-state index contributed by atoms with van der Waals surface area (Å²) in [7, 11) is 0. The first kappa shape index (κ1) is 15.6. The standard InChI is InChI=1S/C16H19F3N2/c1-2-3-9-20-12-15-8-5-10-21(15)14-7-4-6-13(11-14)16(17,18)19/h4-8,10-11,20H,2-3,9,12H2,1H3. The van der Waals surface area contributed by atoms with Crippen LogP contribution >= 0.6 is 0 Å². The molecule has 21 heavy (non-hydrogen) atoms. The highest BCUT2D eigenvalue weighted by Gasteiger charge is 2.30. The monoisotopic (exact) mass is 296 g/mol. The fourth-order valence-electron chi connectivity index (χ4n) is 2.16. The molecule has 0 unspecified atom stereocenters. The van der Waals surface area contributed by atoms with Gasteiger partial charge >= 0.3 is 6.18 Å². The van der Waals surface area contributed by atoms with Crippen LogP contribution in [0.15, 0.2) is 42.6 Å². The van der Waals surface area contributed by atoms with Gasteiger partial charge in [-0.1, -0.05) is 19.4 Å². The zero-order valence-corrected chi connectivity index (χ0v) is 12.0. The lowest BCUT2D eigenvalue weighted by Crippen LogP contribution is -2.16. The fourth-order valence-corrected chi connectivity index (χ4v) is 2.16. The van der Waals surface area contributed by atoms with Crippen molar-refractivity contribution in [2.45, 2.75) is 32.5 Å². The van der Waals surface area contributed by atoms with Crippen LogP contribution in [0, 0.1) is 0 Å². The van der Waals surface area contributed by atoms with Crippen molar-refractivity contribution in [2.24, 2.45) is 0 Å². The molecule has 0 saturated heterocycles. The van der Waals surface area contributed by atoms with Crippen LogP contribution in [0.5, 0.6) is 0 Å². The van der Waals surface area contributed by atoms with E-state index in [9.17, 15) is 13.2 Å². The maximum atomic E-state index is 12.8. The molecule has 0 fully saturated rings. The van der Waals surface area contributed by atoms with Crippen molar-refractivity contribution in [3.63, 3.8) is 0 Å². The summed E-state index contributed by atoms with van der Waals surface area (Å²) in [5, 5.41) is 3.30. The highest BCUT2D eigenvalue weighted by atomic mass is 19.4. The van der Waals surface area contributed by atoms with Gasteiger partial charge in [-0.15, -0.1) is 0 Å². The molecule has 1 aromatic carbocycles. The number of rotatable bonds is 6. The Balaban J connectivity index is 2.17. The Morgan fingerprint density at radius 2 is 1.95 bits per heavy atom. The van der Waals surface area contributed by atoms with Gasteiger partial charge < -0.3 is 9.88 Å². The molecule has 5 heteroatoms. The van der Waals surface area contributed by atoms with E-state index < -0.39 is 11.7 Å². The average Bonchev–Trinajstić information content (AvgIpc) is 2.91. The van der Waals surface area contributed by atoms with Gasteiger partial charge in [-0.3, -0.25) is 0 Å². The molecule has 1 aromatic heterocycles. The van der Waals surface area contributed by atoms with E-state index >= 15 is 0 Å². The van der Waals surface area contributed by atoms with Crippen LogP contribution in [0.25, 0.3) is 5.69 Å². The molecule has 0 radical (unpaired) electrons. The smallest absolute Gasteiger partial charge is 0.320 e. The molecule has 2 nitrogen and oxygen atoms in total. The summed E-state index contributed by atoms with van der Waals surface area (Å²) in [5.41, 5.74) is 0.853. The molecule has 0 amide bonds. The number of benzene rings is 1. The van der Waals surface area contributed by atoms with Crippen LogP contribution in [-0.4, -0.2) is 11.1 Å². The number of halogens is 3. The second-order valence-corrected chi connectivity index (χ2v) is 4.95. The first-order chi connectivity index (χ1) is 10.0. The minimum atomic E-state index is -4.32. The summed E-state index contributed by atoms with van der Waals surface area (Å²) in [6.45, 7) is 3.67. The van der Waals surface area contributed by atoms with Gasteiger partial charge in [0.25, 0.3) is 0 Å². The van der Waals surface area contributed by atoms with Crippen molar-refractivity contribution >= 4 is 0 Å². The van der Waals surface area contributed by atoms with Crippen molar-refractivity contribution in [1.29, 1.82) is 0 Å². The van der Waals surface area contributed by atoms with E-state index in [0.717, 1.165) is 31.1 Å². The molecule has 0 bridgehead atoms. The van der Waals surface area contributed by atoms with Crippen molar-refractivity contribution in [3.05, 3.63) is 53.9 Å². The summed E-state index contributed by atoms with van der Waals surface area (Å²) < 4.78 is 40.1. The molecule has 0 aliphatic rings. The van der Waals surface area contributed by atoms with Crippen LogP contribution in [0.3, 0.4) is 0 Å². The average molecular weight is 296 g/mol. The Morgan fingerprint density at radius 3 is 2.67 bits per heavy atom. The Morgan fingerprint density at radius 1 is 1.14 bits per heavy atom. The SMILES string of the molecule is CCCCNCc1cccn1-c1cccc(C(F)(F)F)c1. The summed E-state index contributed by atoms with van der Waals surface area (Å²) >= 11 is 0. The topological polar surface area (TPSA) is 17.0 Å². The first-order valence-corrected chi connectivity index (χ1v) is 7.07. The van der Waals surface area contributed by atoms with E-state index in [1.165, 1.54) is 12.1 Å². The van der Waals surface area contributed by atoms with Crippen molar-refractivity contribution < 1.29 is 13.2 Å². The van der Waals surface area contributed by atoms with Crippen LogP contribution in [0.2, 0.25) is 0 Å². The number of hydrogen-bond donors (Lipinski definition) is 1. The predicted molar refractivity (Wildman–Crippen MR) is 77.4 cm³/mol. The number of aromatic nitrogens is 1. The third-order valence-electron chi connectivity index (χ3n) is 3.30. The van der Waals surface area contributed by atoms with Gasteiger partial charge in [0.1, 0.15) is 0 Å². The Labute approximate surface area is 122 Å². The molecule has 0 aliphatic heterocycles. The first-order valence-electron chi connectivity index (χ1n) is 7.07. The molecule has 0 atom stereocenters. The number of nitrogens with zero attached hydrogens (tertiary/aromatic N) is 1. The van der Waals surface area contributed by atoms with Gasteiger partial charge in [-0.25, -0.2) is 0 Å². The maximum Gasteiger partial charge on any atom is 0.416 e. The molecule has 0 aliphatic carbocycles. The van der Waals surface area contributed by atoms with Gasteiger partial charge in [-0.2, -0.15) is 13.2 Å². The Bertz CT molecular complexity index is 573. The molecule has 0 spiro atoms. The number of unbranched alkanes of at least 4 members (excludes halogenated alkanes) is 1. The molecule has 1 N–H and O–H groups in total. The lowest BCUT2D eigenvalue weighted by atomic mass is 10.2. The van der Waals surface area contributed by atoms with Crippen LogP contribution < -0.4 is 5.32 Å². The van der Waals surface area contributed by atoms with E-state index in [1.54, 1.807) is 16.8 Å². The highest BCUT2D eigenvalue weighted by molar-refractivity contribution is 5.39. The summed E-state index contributed by atoms with van der Waals surface area (Å²) in [4.78, 5) is 0. The number of alkyl halides is 3. The van der Waals surface area contributed by atoms with Crippen molar-refractivity contribution in [3.8, 4) is 5.69 Å². The number of nitrogens with one attached hydrogen (secondary N) is 1. The molecular formula is C16H19F3N2. The van der Waals surface area contributed by atoms with Crippen LogP contribution in [0.1, 0.15) is 31.0 Å². The third kappa shape index (κ3) is 4.11. The maximum absolute atomic E-state index is 12.8. The van der Waals surface area contributed by atoms with Gasteiger partial charge in [0.05, 0.1) is 5.56 Å². The second kappa shape index (κ2) is 6.80. The molecule has 0 saturated carbocycles. The molecule has 114 valence electrons. The normalized spacial score (nSPS) is 11.8. The van der Waals surface area contributed by atoms with Crippen LogP contribution in [-0.2, 0) is 12.7 Å². The zero-order valence-electron chi connectivity index (χ0n) is 12.0. The van der Waals surface area contributed by atoms with Gasteiger partial charge in [0.15, 0.2) is 0 Å². The third-order valence-corrected chi connectivity index (χ3v) is 3.30. The predicted octanol–water partition coefficient (Wildman–Crippen LogP) is 4.39. The van der Waals surface area contributed by atoms with E-state index in [2.05, 4.69) is 12.2 Å². The molecule has 2 rings (SSSR count). The zero-order chi connectivity index (χ0) is 15.3. The van der Waals surface area contributed by atoms with Gasteiger partial charge in [-0.05, 0) is 43.3 Å². The molecular weight excluding hydrogens is 277 g/mol. The van der Waals surface area contributed by atoms with Gasteiger partial charge in [0, 0.05) is 24.1 Å². The number of hydrogen-bond acceptors (Lipinski definition) is 1. The lowest BCUT2D eigenvalue weighted by molar-refractivity contribution is -0.137. The van der Waals surface area contributed by atoms with Crippen molar-refractivity contribution in [2.75, 3.05) is 6.54 Å². The molecule has 1 heterocycles. The van der Waals surface area contributed by atoms with E-state index in [0.29, 0.717) is 12.2 Å². The fraction of sp³-hybridized carbons (Fsp3) is 0.375.